The molecule has 1 aliphatic carbocycles. The molecule has 2 N–H and O–H groups in total. The van der Waals surface area contributed by atoms with Gasteiger partial charge in [0.1, 0.15) is 0 Å². The Morgan fingerprint density at radius 3 is 2.38 bits per heavy atom. The van der Waals surface area contributed by atoms with E-state index in [2.05, 4.69) is 4.65 Å². The van der Waals surface area contributed by atoms with Crippen LogP contribution in [0.4, 0.5) is 0 Å². The lowest BCUT2D eigenvalue weighted by atomic mass is 10.1. The Kier molecular flexibility index (Phi) is 1.55. The highest BCUT2D eigenvalue weighted by atomic mass is 16.6. The molecule has 0 saturated heterocycles. The van der Waals surface area contributed by atoms with Gasteiger partial charge < -0.3 is 14.7 Å². The standard InChI is InChI=1S/C4H7BO3/c6-5(7)8-4-2-1-3-4/h2,6-7H,1,3H2. The molecule has 1 aliphatic rings. The van der Waals surface area contributed by atoms with Crippen LogP contribution < -0.4 is 0 Å². The van der Waals surface area contributed by atoms with E-state index in [0.717, 1.165) is 12.8 Å². The van der Waals surface area contributed by atoms with Gasteiger partial charge in [0, 0.05) is 6.42 Å². The van der Waals surface area contributed by atoms with Crippen LogP contribution in [0, 0.1) is 0 Å². The Balaban J connectivity index is 2.19. The Morgan fingerprint density at radius 1 is 1.62 bits per heavy atom. The molecule has 0 aliphatic heterocycles. The lowest BCUT2D eigenvalue weighted by Gasteiger charge is -2.14. The summed E-state index contributed by atoms with van der Waals surface area (Å²) >= 11 is 0. The lowest BCUT2D eigenvalue weighted by molar-refractivity contribution is 0.223. The second kappa shape index (κ2) is 2.20. The van der Waals surface area contributed by atoms with Crippen LogP contribution in [-0.4, -0.2) is 17.4 Å². The monoisotopic (exact) mass is 114 g/mol. The topological polar surface area (TPSA) is 49.7 Å². The summed E-state index contributed by atoms with van der Waals surface area (Å²) in [5.41, 5.74) is 0. The fourth-order valence-corrected chi connectivity index (χ4v) is 0.505. The molecule has 0 aromatic heterocycles. The number of hydrogen-bond donors (Lipinski definition) is 2. The first kappa shape index (κ1) is 5.66. The fraction of sp³-hybridized carbons (Fsp3) is 0.500. The van der Waals surface area contributed by atoms with E-state index in [9.17, 15) is 0 Å². The molecule has 0 heterocycles. The summed E-state index contributed by atoms with van der Waals surface area (Å²) in [5.74, 6) is 0.681. The first-order chi connectivity index (χ1) is 3.79. The van der Waals surface area contributed by atoms with Gasteiger partial charge in [0.05, 0.1) is 5.76 Å². The highest BCUT2D eigenvalue weighted by molar-refractivity contribution is 6.33. The van der Waals surface area contributed by atoms with Gasteiger partial charge >= 0.3 is 7.32 Å². The Hall–Kier alpha value is -0.475. The van der Waals surface area contributed by atoms with Gasteiger partial charge in [0.15, 0.2) is 0 Å². The van der Waals surface area contributed by atoms with Gasteiger partial charge in [-0.2, -0.15) is 0 Å². The number of hydrogen-bond acceptors (Lipinski definition) is 3. The summed E-state index contributed by atoms with van der Waals surface area (Å²) in [5, 5.41) is 16.4. The van der Waals surface area contributed by atoms with E-state index in [-0.39, 0.29) is 0 Å². The number of rotatable bonds is 2. The van der Waals surface area contributed by atoms with Crippen LogP contribution in [0.15, 0.2) is 11.8 Å². The second-order valence-corrected chi connectivity index (χ2v) is 1.65. The van der Waals surface area contributed by atoms with Crippen molar-refractivity contribution >= 4 is 7.32 Å². The fourth-order valence-electron chi connectivity index (χ4n) is 0.505. The summed E-state index contributed by atoms with van der Waals surface area (Å²) in [7, 11) is -1.64. The van der Waals surface area contributed by atoms with Crippen LogP contribution in [0.2, 0.25) is 0 Å². The zero-order chi connectivity index (χ0) is 5.98. The van der Waals surface area contributed by atoms with Crippen LogP contribution in [0.25, 0.3) is 0 Å². The highest BCUT2D eigenvalue weighted by Crippen LogP contribution is 2.18. The Labute approximate surface area is 47.8 Å². The van der Waals surface area contributed by atoms with Gasteiger partial charge in [-0.05, 0) is 12.5 Å². The molecule has 0 saturated carbocycles. The van der Waals surface area contributed by atoms with Gasteiger partial charge in [-0.1, -0.05) is 0 Å². The molecule has 1 rings (SSSR count). The minimum absolute atomic E-state index is 0.681. The van der Waals surface area contributed by atoms with Crippen molar-refractivity contribution in [3.8, 4) is 0 Å². The van der Waals surface area contributed by atoms with Gasteiger partial charge in [0.25, 0.3) is 0 Å². The number of allylic oxidation sites excluding steroid dienone is 2. The summed E-state index contributed by atoms with van der Waals surface area (Å²) in [4.78, 5) is 0. The predicted octanol–water partition coefficient (Wildman–Crippen LogP) is -0.350. The molecule has 3 nitrogen and oxygen atoms in total. The van der Waals surface area contributed by atoms with Crippen LogP contribution >= 0.6 is 0 Å². The average molecular weight is 114 g/mol. The molecule has 0 fully saturated rings. The quantitative estimate of drug-likeness (QED) is 0.482. The molecule has 0 aromatic carbocycles. The SMILES string of the molecule is OB(O)OC1=CCC1. The molecular weight excluding hydrogens is 107 g/mol. The Bertz CT molecular complexity index is 110. The summed E-state index contributed by atoms with van der Waals surface area (Å²) in [6, 6.07) is 0. The molecule has 0 spiro atoms. The van der Waals surface area contributed by atoms with E-state index in [4.69, 9.17) is 10.0 Å². The molecule has 0 amide bonds. The smallest absolute Gasteiger partial charge is 0.516 e. The van der Waals surface area contributed by atoms with Crippen molar-refractivity contribution < 1.29 is 14.7 Å². The minimum atomic E-state index is -1.64. The van der Waals surface area contributed by atoms with E-state index >= 15 is 0 Å². The molecule has 4 heteroatoms. The molecule has 0 unspecified atom stereocenters. The maximum absolute atomic E-state index is 8.18. The van der Waals surface area contributed by atoms with Gasteiger partial charge in [-0.3, -0.25) is 0 Å². The van der Waals surface area contributed by atoms with Crippen molar-refractivity contribution in [3.63, 3.8) is 0 Å². The van der Waals surface area contributed by atoms with Crippen molar-refractivity contribution in [2.45, 2.75) is 12.8 Å². The van der Waals surface area contributed by atoms with Gasteiger partial charge in [-0.15, -0.1) is 0 Å². The first-order valence-electron chi connectivity index (χ1n) is 2.51. The molecule has 0 radical (unpaired) electrons. The van der Waals surface area contributed by atoms with E-state index in [0.29, 0.717) is 5.76 Å². The van der Waals surface area contributed by atoms with E-state index in [1.54, 1.807) is 0 Å². The van der Waals surface area contributed by atoms with Crippen molar-refractivity contribution in [1.82, 2.24) is 0 Å². The molecular formula is C4H7BO3. The van der Waals surface area contributed by atoms with Crippen molar-refractivity contribution in [2.75, 3.05) is 0 Å². The third-order valence-corrected chi connectivity index (χ3v) is 1.02. The third kappa shape index (κ3) is 1.25. The van der Waals surface area contributed by atoms with Crippen molar-refractivity contribution in [2.24, 2.45) is 0 Å². The van der Waals surface area contributed by atoms with Gasteiger partial charge in [-0.25, -0.2) is 0 Å². The van der Waals surface area contributed by atoms with Gasteiger partial charge in [0.2, 0.25) is 0 Å². The first-order valence-corrected chi connectivity index (χ1v) is 2.51. The summed E-state index contributed by atoms with van der Waals surface area (Å²) in [6.45, 7) is 0. The minimum Gasteiger partial charge on any atom is -0.516 e. The molecule has 0 bridgehead atoms. The van der Waals surface area contributed by atoms with Crippen LogP contribution in [0.3, 0.4) is 0 Å². The zero-order valence-corrected chi connectivity index (χ0v) is 4.37. The van der Waals surface area contributed by atoms with Crippen LogP contribution in [0.1, 0.15) is 12.8 Å². The van der Waals surface area contributed by atoms with Crippen molar-refractivity contribution in [1.29, 1.82) is 0 Å². The molecule has 0 aromatic rings. The Morgan fingerprint density at radius 2 is 2.25 bits per heavy atom. The average Bonchev–Trinajstić information content (AvgIpc) is 1.55. The van der Waals surface area contributed by atoms with E-state index < -0.39 is 7.32 Å². The summed E-state index contributed by atoms with van der Waals surface area (Å²) < 4.78 is 4.46. The van der Waals surface area contributed by atoms with E-state index in [1.165, 1.54) is 0 Å². The maximum atomic E-state index is 8.18. The summed E-state index contributed by atoms with van der Waals surface area (Å²) in [6.07, 6.45) is 3.64. The van der Waals surface area contributed by atoms with Crippen LogP contribution in [-0.2, 0) is 4.65 Å². The highest BCUT2D eigenvalue weighted by Gasteiger charge is 2.15. The molecule has 44 valence electrons. The molecule has 0 atom stereocenters. The van der Waals surface area contributed by atoms with Crippen LogP contribution in [0.5, 0.6) is 0 Å². The maximum Gasteiger partial charge on any atom is 0.707 e. The van der Waals surface area contributed by atoms with E-state index in [1.807, 2.05) is 6.08 Å². The second-order valence-electron chi connectivity index (χ2n) is 1.65. The normalized spacial score (nSPS) is 16.5. The third-order valence-electron chi connectivity index (χ3n) is 1.02. The van der Waals surface area contributed by atoms with Crippen molar-refractivity contribution in [3.05, 3.63) is 11.8 Å². The predicted molar refractivity (Wildman–Crippen MR) is 28.6 cm³/mol. The lowest BCUT2D eigenvalue weighted by Crippen LogP contribution is -2.18. The molecule has 8 heavy (non-hydrogen) atoms. The zero-order valence-electron chi connectivity index (χ0n) is 4.37. The largest absolute Gasteiger partial charge is 0.707 e.